The zero-order chi connectivity index (χ0) is 8.78. The van der Waals surface area contributed by atoms with E-state index in [1.165, 1.54) is 0 Å². The average Bonchev–Trinajstić information content (AvgIpc) is 1.61. The molecule has 0 radical (unpaired) electrons. The first-order valence-electron chi connectivity index (χ1n) is 2.27. The van der Waals surface area contributed by atoms with Crippen LogP contribution in [0.5, 0.6) is 0 Å². The topological polar surface area (TPSA) is 92.3 Å². The third kappa shape index (κ3) is 75.9. The molecular formula is C3H8NO4PtS. The molecule has 65 valence electrons. The largest absolute Gasteiger partial charge is 0.759 e. The van der Waals surface area contributed by atoms with E-state index in [0.717, 1.165) is 0 Å². The number of hydrogen-bond acceptors (Lipinski definition) is 5. The molecule has 0 atom stereocenters. The summed E-state index contributed by atoms with van der Waals surface area (Å²) in [6, 6.07) is 0.622. The van der Waals surface area contributed by atoms with Gasteiger partial charge in [0.25, 0.3) is 0 Å². The molecule has 0 aliphatic heterocycles. The zero-order valence-electron chi connectivity index (χ0n) is 5.43. The molecule has 0 aliphatic rings. The van der Waals surface area contributed by atoms with Crippen LogP contribution in [0.15, 0.2) is 0 Å². The van der Waals surface area contributed by atoms with Crippen LogP contribution in [0.2, 0.25) is 0 Å². The van der Waals surface area contributed by atoms with Gasteiger partial charge in [0.2, 0.25) is 0 Å². The maximum atomic E-state index is 8.52. The van der Waals surface area contributed by atoms with E-state index in [4.69, 9.17) is 17.5 Å². The first kappa shape index (κ1) is 13.1. The molecule has 0 fully saturated rings. The predicted octanol–water partition coefficient (Wildman–Crippen LogP) is -0.892. The van der Waals surface area contributed by atoms with Gasteiger partial charge in [-0.2, -0.15) is 0 Å². The van der Waals surface area contributed by atoms with Gasteiger partial charge in [-0.1, -0.05) is 0 Å². The van der Waals surface area contributed by atoms with Gasteiger partial charge in [-0.3, -0.25) is 8.42 Å². The molecule has 0 rings (SSSR count). The number of nitrogens with one attached hydrogen (secondary N) is 1. The zero-order valence-corrected chi connectivity index (χ0v) is 8.52. The summed E-state index contributed by atoms with van der Waals surface area (Å²) < 4.78 is 37.1. The molecule has 0 aromatic carbocycles. The van der Waals surface area contributed by atoms with Crippen LogP contribution in [-0.2, 0) is 30.5 Å². The van der Waals surface area contributed by atoms with Gasteiger partial charge >= 0.3 is 43.8 Å². The van der Waals surface area contributed by atoms with Crippen molar-refractivity contribution < 1.29 is 37.6 Å². The van der Waals surface area contributed by atoms with E-state index in [-0.39, 0.29) is 0 Å². The first-order valence-corrected chi connectivity index (χ1v) is 4.74. The Morgan fingerprint density at radius 2 is 1.50 bits per heavy atom. The SMILES string of the molecule is CC(C)[NH][Pt+2].O=S(=O)([O-])[O-]. The maximum Gasteiger partial charge on any atom is 0.0311 e. The summed E-state index contributed by atoms with van der Waals surface area (Å²) in [5.74, 6) is 0. The third-order valence-electron chi connectivity index (χ3n) is 0.183. The van der Waals surface area contributed by atoms with Crippen molar-refractivity contribution >= 4 is 10.4 Å². The Morgan fingerprint density at radius 1 is 1.40 bits per heavy atom. The minimum atomic E-state index is -5.17. The molecule has 0 heterocycles. The van der Waals surface area contributed by atoms with Crippen LogP contribution in [0.4, 0.5) is 0 Å². The molecule has 0 unspecified atom stereocenters. The second-order valence-corrected chi connectivity index (χ2v) is 3.13. The van der Waals surface area contributed by atoms with Crippen molar-refractivity contribution in [2.75, 3.05) is 0 Å². The molecule has 5 nitrogen and oxygen atoms in total. The van der Waals surface area contributed by atoms with E-state index in [9.17, 15) is 0 Å². The molecular weight excluding hydrogens is 341 g/mol. The molecule has 7 heteroatoms. The van der Waals surface area contributed by atoms with Gasteiger partial charge in [0, 0.05) is 10.4 Å². The number of rotatable bonds is 1. The minimum absolute atomic E-state index is 0.622. The van der Waals surface area contributed by atoms with Crippen molar-refractivity contribution in [3.8, 4) is 0 Å². The summed E-state index contributed by atoms with van der Waals surface area (Å²) in [7, 11) is -5.17. The van der Waals surface area contributed by atoms with Gasteiger partial charge in [-0.15, -0.1) is 0 Å². The van der Waals surface area contributed by atoms with Crippen LogP contribution >= 0.6 is 0 Å². The molecule has 1 N–H and O–H groups in total. The van der Waals surface area contributed by atoms with Gasteiger partial charge in [0.1, 0.15) is 0 Å². The van der Waals surface area contributed by atoms with E-state index in [2.05, 4.69) is 37.8 Å². The van der Waals surface area contributed by atoms with E-state index < -0.39 is 10.4 Å². The van der Waals surface area contributed by atoms with Crippen LogP contribution in [0.3, 0.4) is 0 Å². The summed E-state index contributed by atoms with van der Waals surface area (Å²) in [5, 5.41) is 0. The Morgan fingerprint density at radius 3 is 1.50 bits per heavy atom. The Hall–Kier alpha value is 0.518. The molecule has 10 heavy (non-hydrogen) atoms. The first-order chi connectivity index (χ1) is 4.27. The quantitative estimate of drug-likeness (QED) is 0.490. The molecule has 0 aromatic heterocycles. The third-order valence-corrected chi connectivity index (χ3v) is 1.49. The van der Waals surface area contributed by atoms with Gasteiger partial charge in [0.05, 0.1) is 0 Å². The van der Waals surface area contributed by atoms with Crippen molar-refractivity contribution in [2.45, 2.75) is 19.9 Å². The molecule has 0 aliphatic carbocycles. The summed E-state index contributed by atoms with van der Waals surface area (Å²) in [6.45, 7) is 4.21. The summed E-state index contributed by atoms with van der Waals surface area (Å²) in [5.41, 5.74) is 0. The second-order valence-electron chi connectivity index (χ2n) is 1.65. The van der Waals surface area contributed by atoms with Gasteiger partial charge in [-0.05, 0) is 0 Å². The van der Waals surface area contributed by atoms with E-state index >= 15 is 0 Å². The van der Waals surface area contributed by atoms with Crippen LogP contribution in [0.25, 0.3) is 0 Å². The van der Waals surface area contributed by atoms with E-state index in [1.807, 2.05) is 0 Å². The Labute approximate surface area is 72.0 Å². The van der Waals surface area contributed by atoms with E-state index in [1.54, 1.807) is 0 Å². The smallest absolute Gasteiger partial charge is 0.0311 e. The van der Waals surface area contributed by atoms with Crippen LogP contribution in [0, 0.1) is 0 Å². The van der Waals surface area contributed by atoms with Crippen molar-refractivity contribution in [3.05, 3.63) is 0 Å². The molecule has 0 aromatic rings. The summed E-state index contributed by atoms with van der Waals surface area (Å²) in [4.78, 5) is 0. The molecule has 0 saturated carbocycles. The monoisotopic (exact) mass is 349 g/mol. The van der Waals surface area contributed by atoms with Crippen LogP contribution in [-0.4, -0.2) is 23.6 Å². The Balaban J connectivity index is 0. The fourth-order valence-electron chi connectivity index (χ4n) is 0. The Kier molecular flexibility index (Phi) is 8.20. The predicted molar refractivity (Wildman–Crippen MR) is 28.7 cm³/mol. The summed E-state index contributed by atoms with van der Waals surface area (Å²) in [6.07, 6.45) is 0. The molecule has 0 amide bonds. The fraction of sp³-hybridized carbons (Fsp3) is 1.00. The van der Waals surface area contributed by atoms with Crippen molar-refractivity contribution in [2.24, 2.45) is 0 Å². The molecule has 0 bridgehead atoms. The van der Waals surface area contributed by atoms with Crippen LogP contribution in [0.1, 0.15) is 13.8 Å². The molecule has 0 spiro atoms. The summed E-state index contributed by atoms with van der Waals surface area (Å²) >= 11 is 2.11. The van der Waals surface area contributed by atoms with Crippen molar-refractivity contribution in [1.29, 1.82) is 0 Å². The number of hydrogen-bond donors (Lipinski definition) is 1. The average molecular weight is 349 g/mol. The second kappa shape index (κ2) is 6.24. The standard InChI is InChI=1S/C3H8N.H2O4S.Pt/c1-3(2)4;1-5(2,3)4;/h3-4H,1-2H3;(H2,1,2,3,4);/q-1;;+3/p-2. The minimum Gasteiger partial charge on any atom is -0.759 e. The van der Waals surface area contributed by atoms with Crippen LogP contribution < -0.4 is 3.88 Å². The Bertz CT molecular complexity index is 146. The van der Waals surface area contributed by atoms with Crippen molar-refractivity contribution in [3.63, 3.8) is 0 Å². The van der Waals surface area contributed by atoms with E-state index in [0.29, 0.717) is 6.04 Å². The van der Waals surface area contributed by atoms with Gasteiger partial charge in [-0.25, -0.2) is 0 Å². The van der Waals surface area contributed by atoms with Crippen molar-refractivity contribution in [1.82, 2.24) is 3.88 Å². The maximum absolute atomic E-state index is 8.52. The van der Waals surface area contributed by atoms with Gasteiger partial charge in [0.15, 0.2) is 0 Å². The normalized spacial score (nSPS) is 10.6. The van der Waals surface area contributed by atoms with Gasteiger partial charge < -0.3 is 9.11 Å². The fourth-order valence-corrected chi connectivity index (χ4v) is 0. The molecule has 0 saturated heterocycles.